The van der Waals surface area contributed by atoms with Gasteiger partial charge in [0, 0.05) is 43.9 Å². The number of oxazole rings is 1. The zero-order chi connectivity index (χ0) is 36.0. The van der Waals surface area contributed by atoms with Crippen LogP contribution in [0, 0.1) is 0 Å². The number of hydrogen-bond donors (Lipinski definition) is 0. The van der Waals surface area contributed by atoms with E-state index in [0.29, 0.717) is 17.0 Å². The Bertz CT molecular complexity index is 3440. The van der Waals surface area contributed by atoms with Gasteiger partial charge in [-0.1, -0.05) is 103 Å². The quantitative estimate of drug-likeness (QED) is 0.178. The summed E-state index contributed by atoms with van der Waals surface area (Å²) in [5.41, 5.74) is 11.3. The topological polar surface area (TPSA) is 60.5 Å². The fraction of sp³-hybridized carbons (Fsp3) is 0. The lowest BCUT2D eigenvalue weighted by molar-refractivity contribution is 0.620. The van der Waals surface area contributed by atoms with E-state index in [4.69, 9.17) is 18.2 Å². The third-order valence-electron chi connectivity index (χ3n) is 10.8. The molecule has 12 aromatic rings. The monoisotopic (exact) mass is 707 g/mol. The summed E-state index contributed by atoms with van der Waals surface area (Å²) >= 11 is 0. The highest BCUT2D eigenvalue weighted by Gasteiger charge is 2.29. The van der Waals surface area contributed by atoms with Crippen LogP contribution in [0.1, 0.15) is 0 Å². The number of furan rings is 2. The average molecular weight is 708 g/mol. The van der Waals surface area contributed by atoms with E-state index in [1.165, 1.54) is 5.39 Å². The molecule has 258 valence electrons. The van der Waals surface area contributed by atoms with Crippen molar-refractivity contribution in [2.45, 2.75) is 0 Å². The van der Waals surface area contributed by atoms with E-state index in [1.807, 2.05) is 66.7 Å². The molecule has 0 spiro atoms. The summed E-state index contributed by atoms with van der Waals surface area (Å²) in [7, 11) is 0. The molecule has 8 aromatic carbocycles. The maximum atomic E-state index is 6.89. The minimum atomic E-state index is 0.542. The Kier molecular flexibility index (Phi) is 6.24. The van der Waals surface area contributed by atoms with Gasteiger partial charge in [0.2, 0.25) is 5.89 Å². The van der Waals surface area contributed by atoms with Crippen LogP contribution in [-0.2, 0) is 0 Å². The number of rotatable bonds is 5. The first-order valence-electron chi connectivity index (χ1n) is 18.4. The molecule has 0 fully saturated rings. The molecule has 0 aliphatic rings. The maximum Gasteiger partial charge on any atom is 0.227 e. The zero-order valence-electron chi connectivity index (χ0n) is 29.3. The van der Waals surface area contributed by atoms with Crippen molar-refractivity contribution in [1.29, 1.82) is 0 Å². The van der Waals surface area contributed by atoms with Crippen molar-refractivity contribution >= 4 is 93.8 Å². The van der Waals surface area contributed by atoms with Crippen molar-refractivity contribution in [2.24, 2.45) is 0 Å². The zero-order valence-corrected chi connectivity index (χ0v) is 29.3. The SMILES string of the molecule is c1ccc(-c2nc3c(N(c4ccc5c6ccccc6n(-c6ccccc6)c5c4)c4cccc5oc6ccccc6c45)c4oc5ccccc5c4cc3o2)cc1. The first kappa shape index (κ1) is 29.9. The predicted octanol–water partition coefficient (Wildman–Crippen LogP) is 13.9. The standard InChI is InChI=1S/C49H29N3O3/c1-3-14-30(15-4-1)49-50-46-44(55-49)29-37-35-19-8-11-23-41(35)54-48(37)47(46)52(39-22-13-25-43-45(39)36-20-9-12-24-42(36)53-43)32-26-27-34-33-18-7-10-21-38(33)51(40(34)28-32)31-16-5-2-6-17-31/h1-29H. The van der Waals surface area contributed by atoms with Crippen LogP contribution in [0.4, 0.5) is 17.1 Å². The summed E-state index contributed by atoms with van der Waals surface area (Å²) in [5, 5.41) is 6.32. The molecule has 0 atom stereocenters. The fourth-order valence-corrected chi connectivity index (χ4v) is 8.42. The van der Waals surface area contributed by atoms with Crippen molar-refractivity contribution in [3.63, 3.8) is 0 Å². The fourth-order valence-electron chi connectivity index (χ4n) is 8.42. The number of anilines is 3. The van der Waals surface area contributed by atoms with Crippen molar-refractivity contribution in [2.75, 3.05) is 4.90 Å². The molecule has 0 radical (unpaired) electrons. The molecule has 4 aromatic heterocycles. The molecule has 0 N–H and O–H groups in total. The summed E-state index contributed by atoms with van der Waals surface area (Å²) in [6.07, 6.45) is 0. The van der Waals surface area contributed by atoms with Crippen LogP contribution >= 0.6 is 0 Å². The molecule has 4 heterocycles. The Morgan fingerprint density at radius 1 is 0.455 bits per heavy atom. The van der Waals surface area contributed by atoms with Gasteiger partial charge < -0.3 is 22.7 Å². The maximum absolute atomic E-state index is 6.89. The molecule has 55 heavy (non-hydrogen) atoms. The first-order chi connectivity index (χ1) is 27.3. The second kappa shape index (κ2) is 11.5. The normalized spacial score (nSPS) is 12.0. The Hall–Kier alpha value is -7.57. The second-order valence-electron chi connectivity index (χ2n) is 13.9. The summed E-state index contributed by atoms with van der Waals surface area (Å²) in [5.74, 6) is 0.542. The summed E-state index contributed by atoms with van der Waals surface area (Å²) in [4.78, 5) is 7.56. The molecule has 0 saturated heterocycles. The van der Waals surface area contributed by atoms with Gasteiger partial charge in [0.1, 0.15) is 28.0 Å². The third kappa shape index (κ3) is 4.39. The van der Waals surface area contributed by atoms with Crippen LogP contribution in [0.25, 0.3) is 93.9 Å². The minimum Gasteiger partial charge on any atom is -0.456 e. The lowest BCUT2D eigenvalue weighted by Gasteiger charge is -2.26. The van der Waals surface area contributed by atoms with Crippen LogP contribution in [0.15, 0.2) is 189 Å². The summed E-state index contributed by atoms with van der Waals surface area (Å²) < 4.78 is 22.4. The smallest absolute Gasteiger partial charge is 0.227 e. The van der Waals surface area contributed by atoms with Gasteiger partial charge in [-0.3, -0.25) is 0 Å². The Labute approximate surface area is 313 Å². The lowest BCUT2D eigenvalue weighted by atomic mass is 10.0. The largest absolute Gasteiger partial charge is 0.456 e. The molecule has 12 rings (SSSR count). The van der Waals surface area contributed by atoms with Gasteiger partial charge in [-0.05, 0) is 72.8 Å². The van der Waals surface area contributed by atoms with Gasteiger partial charge in [0.05, 0.1) is 22.1 Å². The molecule has 0 amide bonds. The van der Waals surface area contributed by atoms with Gasteiger partial charge in [-0.15, -0.1) is 0 Å². The number of para-hydroxylation sites is 4. The van der Waals surface area contributed by atoms with E-state index in [9.17, 15) is 0 Å². The number of benzene rings is 8. The van der Waals surface area contributed by atoms with Crippen LogP contribution < -0.4 is 4.90 Å². The highest BCUT2D eigenvalue weighted by atomic mass is 16.4. The van der Waals surface area contributed by atoms with Crippen LogP contribution in [0.3, 0.4) is 0 Å². The summed E-state index contributed by atoms with van der Waals surface area (Å²) in [6.45, 7) is 0. The van der Waals surface area contributed by atoms with E-state index >= 15 is 0 Å². The van der Waals surface area contributed by atoms with Crippen LogP contribution in [0.2, 0.25) is 0 Å². The lowest BCUT2D eigenvalue weighted by Crippen LogP contribution is -2.11. The third-order valence-corrected chi connectivity index (χ3v) is 10.8. The molecule has 0 saturated carbocycles. The Morgan fingerprint density at radius 3 is 1.96 bits per heavy atom. The molecule has 0 bridgehead atoms. The van der Waals surface area contributed by atoms with Crippen molar-refractivity contribution < 1.29 is 13.3 Å². The second-order valence-corrected chi connectivity index (χ2v) is 13.9. The molecule has 0 aliphatic heterocycles. The average Bonchev–Trinajstić information content (AvgIpc) is 4.02. The van der Waals surface area contributed by atoms with Gasteiger partial charge in [0.15, 0.2) is 11.2 Å². The molecule has 6 nitrogen and oxygen atoms in total. The van der Waals surface area contributed by atoms with Gasteiger partial charge >= 0.3 is 0 Å². The predicted molar refractivity (Wildman–Crippen MR) is 223 cm³/mol. The van der Waals surface area contributed by atoms with E-state index in [0.717, 1.165) is 88.6 Å². The van der Waals surface area contributed by atoms with E-state index < -0.39 is 0 Å². The van der Waals surface area contributed by atoms with E-state index in [1.54, 1.807) is 0 Å². The molecular formula is C49H29N3O3. The minimum absolute atomic E-state index is 0.542. The van der Waals surface area contributed by atoms with E-state index in [2.05, 4.69) is 119 Å². The number of nitrogens with zero attached hydrogens (tertiary/aromatic N) is 3. The van der Waals surface area contributed by atoms with E-state index in [-0.39, 0.29) is 0 Å². The van der Waals surface area contributed by atoms with Crippen molar-refractivity contribution in [3.05, 3.63) is 176 Å². The highest BCUT2D eigenvalue weighted by molar-refractivity contribution is 6.21. The van der Waals surface area contributed by atoms with Gasteiger partial charge in [-0.2, -0.15) is 0 Å². The number of hydrogen-bond acceptors (Lipinski definition) is 5. The molecule has 0 aliphatic carbocycles. The van der Waals surface area contributed by atoms with Crippen LogP contribution in [-0.4, -0.2) is 9.55 Å². The number of aromatic nitrogens is 2. The number of fused-ring (bicyclic) bond motifs is 10. The van der Waals surface area contributed by atoms with Gasteiger partial charge in [-0.25, -0.2) is 4.98 Å². The highest BCUT2D eigenvalue weighted by Crippen LogP contribution is 2.50. The Morgan fingerprint density at radius 2 is 1.13 bits per heavy atom. The molecule has 6 heteroatoms. The van der Waals surface area contributed by atoms with Gasteiger partial charge in [0.25, 0.3) is 0 Å². The first-order valence-corrected chi connectivity index (χ1v) is 18.4. The van der Waals surface area contributed by atoms with Crippen LogP contribution in [0.5, 0.6) is 0 Å². The molecular weight excluding hydrogens is 679 g/mol. The molecule has 0 unspecified atom stereocenters. The summed E-state index contributed by atoms with van der Waals surface area (Å²) in [6, 6.07) is 60.7. The Balaban J connectivity index is 1.25. The van der Waals surface area contributed by atoms with Crippen molar-refractivity contribution in [1.82, 2.24) is 9.55 Å². The van der Waals surface area contributed by atoms with Crippen molar-refractivity contribution in [3.8, 4) is 17.1 Å².